The summed E-state index contributed by atoms with van der Waals surface area (Å²) < 4.78 is 5.24. The van der Waals surface area contributed by atoms with Crippen LogP contribution in [0.3, 0.4) is 0 Å². The first-order chi connectivity index (χ1) is 6.31. The summed E-state index contributed by atoms with van der Waals surface area (Å²) in [7, 11) is 1.79. The van der Waals surface area contributed by atoms with Crippen LogP contribution in [0.1, 0.15) is 32.6 Å². The molecule has 0 aliphatic heterocycles. The highest BCUT2D eigenvalue weighted by molar-refractivity contribution is 4.96. The van der Waals surface area contributed by atoms with Crippen molar-refractivity contribution < 1.29 is 4.74 Å². The Morgan fingerprint density at radius 1 is 1.23 bits per heavy atom. The minimum absolute atomic E-state index is 0.361. The molecule has 2 rings (SSSR count). The van der Waals surface area contributed by atoms with Gasteiger partial charge in [-0.05, 0) is 44.4 Å². The quantitative estimate of drug-likeness (QED) is 0.678. The average Bonchev–Trinajstić information content (AvgIpc) is 2.98. The Morgan fingerprint density at radius 3 is 2.15 bits per heavy atom. The van der Waals surface area contributed by atoms with Crippen molar-refractivity contribution in [3.8, 4) is 0 Å². The predicted molar refractivity (Wildman–Crippen MR) is 53.7 cm³/mol. The second kappa shape index (κ2) is 3.97. The van der Waals surface area contributed by atoms with Crippen LogP contribution < -0.4 is 5.32 Å². The molecule has 2 nitrogen and oxygen atoms in total. The largest absolute Gasteiger partial charge is 0.380 e. The summed E-state index contributed by atoms with van der Waals surface area (Å²) in [5.41, 5.74) is 0. The lowest BCUT2D eigenvalue weighted by Gasteiger charge is -2.19. The Bertz CT molecular complexity index is 151. The van der Waals surface area contributed by atoms with Gasteiger partial charge in [0.25, 0.3) is 0 Å². The molecule has 0 heterocycles. The zero-order valence-electron chi connectivity index (χ0n) is 8.75. The van der Waals surface area contributed by atoms with Crippen LogP contribution in [0.5, 0.6) is 0 Å². The van der Waals surface area contributed by atoms with Crippen molar-refractivity contribution >= 4 is 0 Å². The van der Waals surface area contributed by atoms with E-state index in [1.54, 1.807) is 7.11 Å². The first-order valence-corrected chi connectivity index (χ1v) is 5.57. The molecule has 0 amide bonds. The third-order valence-corrected chi connectivity index (χ3v) is 3.30. The van der Waals surface area contributed by atoms with Gasteiger partial charge in [0, 0.05) is 19.7 Å². The minimum atomic E-state index is 0.361. The lowest BCUT2D eigenvalue weighted by molar-refractivity contribution is 0.112. The summed E-state index contributed by atoms with van der Waals surface area (Å²) in [5.74, 6) is 1.99. The smallest absolute Gasteiger partial charge is 0.0667 e. The predicted octanol–water partition coefficient (Wildman–Crippen LogP) is 1.80. The zero-order chi connectivity index (χ0) is 9.26. The summed E-state index contributed by atoms with van der Waals surface area (Å²) in [6.07, 6.45) is 6.18. The second-order valence-corrected chi connectivity index (χ2v) is 4.66. The van der Waals surface area contributed by atoms with Crippen LogP contribution in [0, 0.1) is 11.8 Å². The molecule has 1 N–H and O–H groups in total. The van der Waals surface area contributed by atoms with Gasteiger partial charge in [-0.3, -0.25) is 0 Å². The van der Waals surface area contributed by atoms with Crippen LogP contribution >= 0.6 is 0 Å². The van der Waals surface area contributed by atoms with Crippen LogP contribution in [0.4, 0.5) is 0 Å². The summed E-state index contributed by atoms with van der Waals surface area (Å²) in [4.78, 5) is 0. The normalized spacial score (nSPS) is 25.2. The molecule has 0 aromatic rings. The number of ether oxygens (including phenoxy) is 1. The molecule has 1 atom stereocenters. The molecule has 1 unspecified atom stereocenters. The first-order valence-electron chi connectivity index (χ1n) is 5.57. The Morgan fingerprint density at radius 2 is 1.77 bits per heavy atom. The highest BCUT2D eigenvalue weighted by atomic mass is 16.5. The Balaban J connectivity index is 1.70. The van der Waals surface area contributed by atoms with Crippen molar-refractivity contribution in [3.63, 3.8) is 0 Å². The lowest BCUT2D eigenvalue weighted by Crippen LogP contribution is -2.38. The molecule has 0 bridgehead atoms. The summed E-state index contributed by atoms with van der Waals surface area (Å²) in [6, 6.07) is 0.817. The maximum absolute atomic E-state index is 5.24. The van der Waals surface area contributed by atoms with Crippen LogP contribution in [0.2, 0.25) is 0 Å². The standard InChI is InChI=1S/C11H21NO/c1-8(13-2)7-12-11(9-3-4-9)10-5-6-10/h8-12H,3-7H2,1-2H3. The number of nitrogens with one attached hydrogen (secondary N) is 1. The second-order valence-electron chi connectivity index (χ2n) is 4.66. The maximum atomic E-state index is 5.24. The SMILES string of the molecule is COC(C)CNC(C1CC1)C1CC1. The van der Waals surface area contributed by atoms with Crippen LogP contribution in [0.15, 0.2) is 0 Å². The fourth-order valence-corrected chi connectivity index (χ4v) is 2.01. The number of hydrogen-bond acceptors (Lipinski definition) is 2. The van der Waals surface area contributed by atoms with Crippen LogP contribution in [-0.2, 0) is 4.74 Å². The molecule has 2 fully saturated rings. The van der Waals surface area contributed by atoms with E-state index in [9.17, 15) is 0 Å². The van der Waals surface area contributed by atoms with Crippen molar-refractivity contribution in [2.45, 2.75) is 44.8 Å². The van der Waals surface area contributed by atoms with Crippen molar-refractivity contribution in [1.29, 1.82) is 0 Å². The Hall–Kier alpha value is -0.0800. The topological polar surface area (TPSA) is 21.3 Å². The number of rotatable bonds is 6. The van der Waals surface area contributed by atoms with E-state index in [4.69, 9.17) is 4.74 Å². The molecule has 2 heteroatoms. The van der Waals surface area contributed by atoms with E-state index >= 15 is 0 Å². The maximum Gasteiger partial charge on any atom is 0.0667 e. The Kier molecular flexibility index (Phi) is 2.89. The van der Waals surface area contributed by atoms with Crippen molar-refractivity contribution in [2.24, 2.45) is 11.8 Å². The van der Waals surface area contributed by atoms with Gasteiger partial charge in [0.2, 0.25) is 0 Å². The highest BCUT2D eigenvalue weighted by Crippen LogP contribution is 2.44. The average molecular weight is 183 g/mol. The highest BCUT2D eigenvalue weighted by Gasteiger charge is 2.40. The molecule has 2 aliphatic carbocycles. The molecular formula is C11H21NO. The van der Waals surface area contributed by atoms with Gasteiger partial charge >= 0.3 is 0 Å². The summed E-state index contributed by atoms with van der Waals surface area (Å²) in [6.45, 7) is 3.15. The van der Waals surface area contributed by atoms with E-state index in [0.717, 1.165) is 24.4 Å². The van der Waals surface area contributed by atoms with Gasteiger partial charge in [-0.15, -0.1) is 0 Å². The molecule has 0 saturated heterocycles. The van der Waals surface area contributed by atoms with Crippen molar-refractivity contribution in [1.82, 2.24) is 5.32 Å². The third-order valence-electron chi connectivity index (χ3n) is 3.30. The fraction of sp³-hybridized carbons (Fsp3) is 1.00. The van der Waals surface area contributed by atoms with E-state index in [1.807, 2.05) is 0 Å². The van der Waals surface area contributed by atoms with E-state index < -0.39 is 0 Å². The molecule has 76 valence electrons. The van der Waals surface area contributed by atoms with E-state index in [2.05, 4.69) is 12.2 Å². The monoisotopic (exact) mass is 183 g/mol. The summed E-state index contributed by atoms with van der Waals surface area (Å²) >= 11 is 0. The van der Waals surface area contributed by atoms with Crippen LogP contribution in [0.25, 0.3) is 0 Å². The number of methoxy groups -OCH3 is 1. The van der Waals surface area contributed by atoms with Gasteiger partial charge in [0.05, 0.1) is 6.10 Å². The van der Waals surface area contributed by atoms with Gasteiger partial charge in [0.1, 0.15) is 0 Å². The molecule has 0 aromatic carbocycles. The van der Waals surface area contributed by atoms with Crippen molar-refractivity contribution in [3.05, 3.63) is 0 Å². The van der Waals surface area contributed by atoms with Gasteiger partial charge in [-0.1, -0.05) is 0 Å². The zero-order valence-corrected chi connectivity index (χ0v) is 8.75. The molecule has 13 heavy (non-hydrogen) atoms. The Labute approximate surface area is 81.0 Å². The van der Waals surface area contributed by atoms with Crippen LogP contribution in [-0.4, -0.2) is 25.8 Å². The third kappa shape index (κ3) is 2.68. The van der Waals surface area contributed by atoms with Gasteiger partial charge in [0.15, 0.2) is 0 Å². The molecule has 0 spiro atoms. The molecule has 2 saturated carbocycles. The molecule has 2 aliphatic rings. The summed E-state index contributed by atoms with van der Waals surface area (Å²) in [5, 5.41) is 3.67. The molecule has 0 aromatic heterocycles. The van der Waals surface area contributed by atoms with E-state index in [-0.39, 0.29) is 0 Å². The number of hydrogen-bond donors (Lipinski definition) is 1. The molecule has 0 radical (unpaired) electrons. The molecular weight excluding hydrogens is 162 g/mol. The first kappa shape index (κ1) is 9.47. The van der Waals surface area contributed by atoms with E-state index in [1.165, 1.54) is 25.7 Å². The minimum Gasteiger partial charge on any atom is -0.380 e. The van der Waals surface area contributed by atoms with E-state index in [0.29, 0.717) is 6.10 Å². The van der Waals surface area contributed by atoms with Gasteiger partial charge in [-0.2, -0.15) is 0 Å². The van der Waals surface area contributed by atoms with Gasteiger partial charge in [-0.25, -0.2) is 0 Å². The lowest BCUT2D eigenvalue weighted by atomic mass is 10.1. The fourth-order valence-electron chi connectivity index (χ4n) is 2.01. The van der Waals surface area contributed by atoms with Crippen molar-refractivity contribution in [2.75, 3.05) is 13.7 Å². The van der Waals surface area contributed by atoms with Gasteiger partial charge < -0.3 is 10.1 Å².